The molecule has 0 aliphatic heterocycles. The second-order valence-corrected chi connectivity index (χ2v) is 19.6. The molecule has 0 aromatic rings. The van der Waals surface area contributed by atoms with E-state index in [0.29, 0.717) is 19.4 Å². The first-order valence-corrected chi connectivity index (χ1v) is 28.8. The molecule has 0 heterocycles. The van der Waals surface area contributed by atoms with Crippen molar-refractivity contribution >= 4 is 11.9 Å². The van der Waals surface area contributed by atoms with Crippen LogP contribution in [0.5, 0.6) is 0 Å². The molecule has 0 aliphatic carbocycles. The van der Waals surface area contributed by atoms with E-state index in [-0.39, 0.29) is 18.5 Å². The number of carbonyl (C=O) groups is 2. The van der Waals surface area contributed by atoms with Gasteiger partial charge in [-0.15, -0.1) is 0 Å². The standard InChI is InChI=1S/C59H111NO5/c1-3-5-7-9-11-13-15-17-19-20-21-22-25-29-33-37-41-45-49-53-59(64)65-54-50-46-42-38-34-30-26-23-24-28-32-36-40-44-48-52-58(63)60-56(55-61)57(62)51-47-43-39-35-31-27-18-16-14-12-10-8-6-4-2/h17,19,26,30,47,51,56-57,61-62H,3-16,18,20-25,27-29,31-46,48-50,52-55H2,1-2H3,(H,60,63)/b19-17-,30-26-,51-47+. The molecule has 0 saturated heterocycles. The quantitative estimate of drug-likeness (QED) is 0.0321. The highest BCUT2D eigenvalue weighted by atomic mass is 16.5. The zero-order valence-electron chi connectivity index (χ0n) is 43.5. The highest BCUT2D eigenvalue weighted by molar-refractivity contribution is 5.76. The Balaban J connectivity index is 3.48. The van der Waals surface area contributed by atoms with Crippen LogP contribution in [-0.2, 0) is 14.3 Å². The lowest BCUT2D eigenvalue weighted by Gasteiger charge is -2.20. The number of allylic oxidation sites excluding steroid dienone is 5. The van der Waals surface area contributed by atoms with Gasteiger partial charge >= 0.3 is 5.97 Å². The third kappa shape index (κ3) is 51.3. The molecule has 0 aromatic heterocycles. The Morgan fingerprint density at radius 1 is 0.415 bits per heavy atom. The first-order valence-electron chi connectivity index (χ1n) is 28.8. The summed E-state index contributed by atoms with van der Waals surface area (Å²) in [6, 6.07) is -0.639. The maximum Gasteiger partial charge on any atom is 0.305 e. The molecule has 6 nitrogen and oxygen atoms in total. The summed E-state index contributed by atoms with van der Waals surface area (Å²) in [7, 11) is 0. The Kier molecular flexibility index (Phi) is 53.1. The molecule has 0 bridgehead atoms. The van der Waals surface area contributed by atoms with E-state index in [1.54, 1.807) is 6.08 Å². The number of esters is 1. The number of ether oxygens (including phenoxy) is 1. The smallest absolute Gasteiger partial charge is 0.305 e. The van der Waals surface area contributed by atoms with Gasteiger partial charge in [-0.2, -0.15) is 0 Å². The minimum absolute atomic E-state index is 0.0119. The fourth-order valence-corrected chi connectivity index (χ4v) is 8.68. The third-order valence-electron chi connectivity index (χ3n) is 13.1. The average molecular weight is 915 g/mol. The van der Waals surface area contributed by atoms with Crippen LogP contribution in [0.25, 0.3) is 0 Å². The summed E-state index contributed by atoms with van der Waals surface area (Å²) >= 11 is 0. The summed E-state index contributed by atoms with van der Waals surface area (Å²) in [6.45, 7) is 4.87. The van der Waals surface area contributed by atoms with Crippen molar-refractivity contribution in [3.05, 3.63) is 36.5 Å². The number of unbranched alkanes of at least 4 members (excludes halogenated alkanes) is 38. The van der Waals surface area contributed by atoms with Gasteiger partial charge in [0.05, 0.1) is 25.4 Å². The van der Waals surface area contributed by atoms with Gasteiger partial charge in [0.15, 0.2) is 0 Å². The van der Waals surface area contributed by atoms with Gasteiger partial charge < -0.3 is 20.3 Å². The van der Waals surface area contributed by atoms with Crippen LogP contribution >= 0.6 is 0 Å². The van der Waals surface area contributed by atoms with E-state index in [2.05, 4.69) is 43.5 Å². The van der Waals surface area contributed by atoms with E-state index in [9.17, 15) is 19.8 Å². The summed E-state index contributed by atoms with van der Waals surface area (Å²) in [5.74, 6) is -0.0951. The number of hydrogen-bond donors (Lipinski definition) is 3. The van der Waals surface area contributed by atoms with Gasteiger partial charge in [0.25, 0.3) is 0 Å². The number of carbonyl (C=O) groups excluding carboxylic acids is 2. The zero-order chi connectivity index (χ0) is 47.2. The van der Waals surface area contributed by atoms with E-state index in [1.165, 1.54) is 205 Å². The minimum Gasteiger partial charge on any atom is -0.466 e. The maximum atomic E-state index is 12.4. The molecular weight excluding hydrogens is 803 g/mol. The summed E-state index contributed by atoms with van der Waals surface area (Å²) in [5, 5.41) is 23.1. The average Bonchev–Trinajstić information content (AvgIpc) is 3.31. The molecule has 0 aliphatic rings. The van der Waals surface area contributed by atoms with Crippen molar-refractivity contribution in [1.82, 2.24) is 5.32 Å². The van der Waals surface area contributed by atoms with Crippen molar-refractivity contribution in [2.24, 2.45) is 0 Å². The number of nitrogens with one attached hydrogen (secondary N) is 1. The number of hydrogen-bond acceptors (Lipinski definition) is 5. The van der Waals surface area contributed by atoms with Gasteiger partial charge in [-0.3, -0.25) is 9.59 Å². The van der Waals surface area contributed by atoms with Gasteiger partial charge in [-0.25, -0.2) is 0 Å². The lowest BCUT2D eigenvalue weighted by molar-refractivity contribution is -0.143. The predicted molar refractivity (Wildman–Crippen MR) is 283 cm³/mol. The highest BCUT2D eigenvalue weighted by Gasteiger charge is 2.18. The molecule has 0 spiro atoms. The molecule has 0 aromatic carbocycles. The molecule has 1 amide bonds. The first kappa shape index (κ1) is 63.1. The molecule has 6 heteroatoms. The van der Waals surface area contributed by atoms with Crippen molar-refractivity contribution in [3.63, 3.8) is 0 Å². The third-order valence-corrected chi connectivity index (χ3v) is 13.1. The van der Waals surface area contributed by atoms with E-state index in [0.717, 1.165) is 70.6 Å². The molecule has 2 atom stereocenters. The molecule has 0 rings (SSSR count). The van der Waals surface area contributed by atoms with E-state index >= 15 is 0 Å². The van der Waals surface area contributed by atoms with Crippen LogP contribution in [0, 0.1) is 0 Å². The van der Waals surface area contributed by atoms with E-state index in [4.69, 9.17) is 4.74 Å². The molecule has 2 unspecified atom stereocenters. The molecule has 382 valence electrons. The number of rotatable bonds is 53. The lowest BCUT2D eigenvalue weighted by Crippen LogP contribution is -2.45. The molecule has 3 N–H and O–H groups in total. The topological polar surface area (TPSA) is 95.9 Å². The van der Waals surface area contributed by atoms with Crippen molar-refractivity contribution in [3.8, 4) is 0 Å². The zero-order valence-corrected chi connectivity index (χ0v) is 43.5. The number of aliphatic hydroxyl groups excluding tert-OH is 2. The molecule has 0 fully saturated rings. The van der Waals surface area contributed by atoms with Crippen LogP contribution in [0.3, 0.4) is 0 Å². The molecule has 0 saturated carbocycles. The van der Waals surface area contributed by atoms with Crippen LogP contribution < -0.4 is 5.32 Å². The lowest BCUT2D eigenvalue weighted by atomic mass is 10.0. The van der Waals surface area contributed by atoms with Gasteiger partial charge in [0.2, 0.25) is 5.91 Å². The van der Waals surface area contributed by atoms with E-state index in [1.807, 2.05) is 6.08 Å². The van der Waals surface area contributed by atoms with Crippen molar-refractivity contribution in [1.29, 1.82) is 0 Å². The molecule has 65 heavy (non-hydrogen) atoms. The Morgan fingerprint density at radius 2 is 0.723 bits per heavy atom. The number of amides is 1. The summed E-state index contributed by atoms with van der Waals surface area (Å²) in [5.41, 5.74) is 0. The Labute approximate surface area is 404 Å². The van der Waals surface area contributed by atoms with E-state index < -0.39 is 12.1 Å². The fraction of sp³-hybridized carbons (Fsp3) is 0.864. The highest BCUT2D eigenvalue weighted by Crippen LogP contribution is 2.16. The van der Waals surface area contributed by atoms with Crippen molar-refractivity contribution in [2.75, 3.05) is 13.2 Å². The van der Waals surface area contributed by atoms with Crippen LogP contribution in [0.2, 0.25) is 0 Å². The van der Waals surface area contributed by atoms with Crippen molar-refractivity contribution < 1.29 is 24.5 Å². The Morgan fingerprint density at radius 3 is 1.09 bits per heavy atom. The fourth-order valence-electron chi connectivity index (χ4n) is 8.68. The Bertz CT molecular complexity index is 1060. The van der Waals surface area contributed by atoms with Crippen LogP contribution in [0.15, 0.2) is 36.5 Å². The summed E-state index contributed by atoms with van der Waals surface area (Å²) in [4.78, 5) is 24.5. The van der Waals surface area contributed by atoms with Gasteiger partial charge in [-0.1, -0.05) is 243 Å². The molecular formula is C59H111NO5. The largest absolute Gasteiger partial charge is 0.466 e. The first-order chi connectivity index (χ1) is 32.0. The maximum absolute atomic E-state index is 12.4. The summed E-state index contributed by atoms with van der Waals surface area (Å²) < 4.78 is 5.47. The second-order valence-electron chi connectivity index (χ2n) is 19.6. The van der Waals surface area contributed by atoms with Crippen LogP contribution in [0.1, 0.15) is 303 Å². The predicted octanol–water partition coefficient (Wildman–Crippen LogP) is 17.6. The second kappa shape index (κ2) is 54.7. The summed E-state index contributed by atoms with van der Waals surface area (Å²) in [6.07, 6.45) is 67.3. The SMILES string of the molecule is CCCCCCCC/C=C\CCCCCCCCCCCC(=O)OCCCCCC/C=C\CCCCCCCCCC(=O)NC(CO)C(O)/C=C/CCCCCCCCCCCCCC. The minimum atomic E-state index is -0.854. The van der Waals surface area contributed by atoms with Gasteiger partial charge in [0, 0.05) is 12.8 Å². The normalized spacial score (nSPS) is 12.9. The van der Waals surface area contributed by atoms with Crippen LogP contribution in [0.4, 0.5) is 0 Å². The Hall–Kier alpha value is -1.92. The monoisotopic (exact) mass is 914 g/mol. The molecule has 0 radical (unpaired) electrons. The van der Waals surface area contributed by atoms with Crippen LogP contribution in [-0.4, -0.2) is 47.4 Å². The van der Waals surface area contributed by atoms with Gasteiger partial charge in [-0.05, 0) is 83.5 Å². The van der Waals surface area contributed by atoms with Gasteiger partial charge in [0.1, 0.15) is 0 Å². The number of aliphatic hydroxyl groups is 2. The van der Waals surface area contributed by atoms with Crippen molar-refractivity contribution in [2.45, 2.75) is 315 Å².